The van der Waals surface area contributed by atoms with E-state index in [1.807, 2.05) is 52.0 Å². The number of hydrogen-bond acceptors (Lipinski definition) is 3. The minimum Gasteiger partial charge on any atom is -0.324 e. The van der Waals surface area contributed by atoms with Gasteiger partial charge in [0.05, 0.1) is 10.9 Å². The quantitative estimate of drug-likeness (QED) is 0.817. The van der Waals surface area contributed by atoms with Crippen LogP contribution in [0.5, 0.6) is 0 Å². The number of rotatable bonds is 5. The normalized spacial score (nSPS) is 12.7. The first-order valence-electron chi connectivity index (χ1n) is 8.91. The van der Waals surface area contributed by atoms with Crippen molar-refractivity contribution in [2.24, 2.45) is 0 Å². The van der Waals surface area contributed by atoms with Crippen molar-refractivity contribution in [3.63, 3.8) is 0 Å². The molecule has 0 heterocycles. The Labute approximate surface area is 162 Å². The van der Waals surface area contributed by atoms with Crippen LogP contribution in [0.4, 0.5) is 5.69 Å². The molecule has 1 amide bonds. The molecule has 0 aliphatic rings. The second-order valence-electron chi connectivity index (χ2n) is 7.33. The third-order valence-electron chi connectivity index (χ3n) is 4.52. The molecular formula is C21H28N2O3S. The smallest absolute Gasteiger partial charge is 0.242 e. The Kier molecular flexibility index (Phi) is 6.12. The van der Waals surface area contributed by atoms with Gasteiger partial charge < -0.3 is 5.32 Å². The van der Waals surface area contributed by atoms with Crippen LogP contribution in [-0.4, -0.2) is 20.4 Å². The fourth-order valence-corrected chi connectivity index (χ4v) is 5.20. The van der Waals surface area contributed by atoms with Crippen molar-refractivity contribution in [2.75, 3.05) is 5.32 Å². The zero-order valence-corrected chi connectivity index (χ0v) is 17.8. The van der Waals surface area contributed by atoms with Gasteiger partial charge in [-0.2, -0.15) is 4.72 Å². The van der Waals surface area contributed by atoms with Crippen LogP contribution in [0, 0.1) is 41.5 Å². The Bertz CT molecular complexity index is 948. The topological polar surface area (TPSA) is 75.3 Å². The minimum absolute atomic E-state index is 0.232. The summed E-state index contributed by atoms with van der Waals surface area (Å²) in [4.78, 5) is 12.8. The molecule has 2 rings (SSSR count). The second kappa shape index (κ2) is 7.82. The van der Waals surface area contributed by atoms with Crippen molar-refractivity contribution in [3.8, 4) is 0 Å². The van der Waals surface area contributed by atoms with Crippen molar-refractivity contribution in [2.45, 2.75) is 59.4 Å². The summed E-state index contributed by atoms with van der Waals surface area (Å²) in [6, 6.07) is 6.71. The Morgan fingerprint density at radius 2 is 1.22 bits per heavy atom. The molecule has 146 valence electrons. The predicted octanol–water partition coefficient (Wildman–Crippen LogP) is 3.84. The van der Waals surface area contributed by atoms with Gasteiger partial charge in [0.25, 0.3) is 0 Å². The summed E-state index contributed by atoms with van der Waals surface area (Å²) < 4.78 is 28.2. The molecule has 1 unspecified atom stereocenters. The third kappa shape index (κ3) is 4.76. The van der Waals surface area contributed by atoms with Crippen LogP contribution in [0.3, 0.4) is 0 Å². The molecule has 0 aliphatic heterocycles. The molecule has 1 atom stereocenters. The second-order valence-corrected chi connectivity index (χ2v) is 8.98. The molecule has 0 aromatic heterocycles. The highest BCUT2D eigenvalue weighted by molar-refractivity contribution is 7.89. The molecule has 27 heavy (non-hydrogen) atoms. The van der Waals surface area contributed by atoms with Crippen LogP contribution >= 0.6 is 0 Å². The van der Waals surface area contributed by atoms with Crippen molar-refractivity contribution < 1.29 is 13.2 Å². The molecule has 0 saturated heterocycles. The first-order chi connectivity index (χ1) is 12.4. The number of benzene rings is 2. The largest absolute Gasteiger partial charge is 0.324 e. The summed E-state index contributed by atoms with van der Waals surface area (Å²) in [5, 5.41) is 2.85. The predicted molar refractivity (Wildman–Crippen MR) is 110 cm³/mol. The SMILES string of the molecule is Cc1cc(C)c(NC(=O)C(C)NS(=O)(=O)c2c(C)cc(C)cc2C)c(C)c1. The van der Waals surface area contributed by atoms with Crippen LogP contribution in [0.1, 0.15) is 40.3 Å². The van der Waals surface area contributed by atoms with Crippen molar-refractivity contribution in [1.29, 1.82) is 0 Å². The van der Waals surface area contributed by atoms with E-state index < -0.39 is 22.0 Å². The maximum absolute atomic E-state index is 12.8. The number of carbonyl (C=O) groups is 1. The van der Waals surface area contributed by atoms with E-state index in [9.17, 15) is 13.2 Å². The highest BCUT2D eigenvalue weighted by Crippen LogP contribution is 2.23. The molecule has 5 nitrogen and oxygen atoms in total. The van der Waals surface area contributed by atoms with Crippen LogP contribution < -0.4 is 10.0 Å². The lowest BCUT2D eigenvalue weighted by molar-refractivity contribution is -0.117. The van der Waals surface area contributed by atoms with E-state index >= 15 is 0 Å². The standard InChI is InChI=1S/C21H28N2O3S/c1-12-8-14(3)19(15(4)9-12)22-21(24)18(7)23-27(25,26)20-16(5)10-13(2)11-17(20)6/h8-11,18,23H,1-7H3,(H,22,24). The lowest BCUT2D eigenvalue weighted by Crippen LogP contribution is -2.42. The van der Waals surface area contributed by atoms with Gasteiger partial charge in [0.15, 0.2) is 0 Å². The van der Waals surface area contributed by atoms with Crippen molar-refractivity contribution in [1.82, 2.24) is 4.72 Å². The number of aryl methyl sites for hydroxylation is 6. The van der Waals surface area contributed by atoms with Crippen LogP contribution in [0.15, 0.2) is 29.2 Å². The third-order valence-corrected chi connectivity index (χ3v) is 6.37. The summed E-state index contributed by atoms with van der Waals surface area (Å²) >= 11 is 0. The van der Waals surface area contributed by atoms with E-state index in [1.165, 1.54) is 0 Å². The molecule has 0 spiro atoms. The van der Waals surface area contributed by atoms with Gasteiger partial charge in [-0.15, -0.1) is 0 Å². The average Bonchev–Trinajstić information content (AvgIpc) is 2.48. The number of anilines is 1. The van der Waals surface area contributed by atoms with Crippen LogP contribution in [0.25, 0.3) is 0 Å². The van der Waals surface area contributed by atoms with Gasteiger partial charge in [-0.1, -0.05) is 35.4 Å². The van der Waals surface area contributed by atoms with E-state index in [1.54, 1.807) is 20.8 Å². The minimum atomic E-state index is -3.81. The summed E-state index contributed by atoms with van der Waals surface area (Å²) in [6.07, 6.45) is 0. The van der Waals surface area contributed by atoms with Gasteiger partial charge >= 0.3 is 0 Å². The Balaban J connectivity index is 2.24. The molecule has 0 bridgehead atoms. The highest BCUT2D eigenvalue weighted by Gasteiger charge is 2.25. The van der Waals surface area contributed by atoms with Gasteiger partial charge in [0.2, 0.25) is 15.9 Å². The van der Waals surface area contributed by atoms with Gasteiger partial charge in [-0.25, -0.2) is 8.42 Å². The monoisotopic (exact) mass is 388 g/mol. The van der Waals surface area contributed by atoms with Crippen molar-refractivity contribution in [3.05, 3.63) is 57.6 Å². The molecule has 0 saturated carbocycles. The lowest BCUT2D eigenvalue weighted by Gasteiger charge is -2.19. The molecule has 2 aromatic carbocycles. The number of nitrogens with one attached hydrogen (secondary N) is 2. The van der Waals surface area contributed by atoms with E-state index in [4.69, 9.17) is 0 Å². The maximum atomic E-state index is 12.8. The molecule has 2 N–H and O–H groups in total. The number of sulfonamides is 1. The number of carbonyl (C=O) groups excluding carboxylic acids is 1. The lowest BCUT2D eigenvalue weighted by atomic mass is 10.0. The van der Waals surface area contributed by atoms with Gasteiger partial charge in [0.1, 0.15) is 0 Å². The summed E-state index contributed by atoms with van der Waals surface area (Å²) in [7, 11) is -3.81. The van der Waals surface area contributed by atoms with Crippen LogP contribution in [0.2, 0.25) is 0 Å². The van der Waals surface area contributed by atoms with E-state index in [0.717, 1.165) is 27.9 Å². The Hall–Kier alpha value is -2.18. The highest BCUT2D eigenvalue weighted by atomic mass is 32.2. The number of amides is 1. The zero-order chi connectivity index (χ0) is 20.5. The molecule has 6 heteroatoms. The van der Waals surface area contributed by atoms with E-state index in [2.05, 4.69) is 10.0 Å². The first kappa shape index (κ1) is 21.1. The Morgan fingerprint density at radius 3 is 1.67 bits per heavy atom. The first-order valence-corrected chi connectivity index (χ1v) is 10.4. The average molecular weight is 389 g/mol. The summed E-state index contributed by atoms with van der Waals surface area (Å²) in [5.41, 5.74) is 6.06. The number of hydrogen-bond donors (Lipinski definition) is 2. The van der Waals surface area contributed by atoms with E-state index in [-0.39, 0.29) is 4.90 Å². The van der Waals surface area contributed by atoms with Gasteiger partial charge in [0, 0.05) is 5.69 Å². The maximum Gasteiger partial charge on any atom is 0.242 e. The zero-order valence-electron chi connectivity index (χ0n) is 17.0. The van der Waals surface area contributed by atoms with Crippen molar-refractivity contribution >= 4 is 21.6 Å². The molecule has 0 aliphatic carbocycles. The molecule has 2 aromatic rings. The fraction of sp³-hybridized carbons (Fsp3) is 0.381. The van der Waals surface area contributed by atoms with Gasteiger partial charge in [-0.05, 0) is 70.7 Å². The molecular weight excluding hydrogens is 360 g/mol. The van der Waals surface area contributed by atoms with Gasteiger partial charge in [-0.3, -0.25) is 4.79 Å². The van der Waals surface area contributed by atoms with E-state index in [0.29, 0.717) is 11.1 Å². The Morgan fingerprint density at radius 1 is 0.815 bits per heavy atom. The molecule has 0 fully saturated rings. The van der Waals surface area contributed by atoms with Crippen LogP contribution in [-0.2, 0) is 14.8 Å². The summed E-state index contributed by atoms with van der Waals surface area (Å²) in [6.45, 7) is 12.8. The fourth-order valence-electron chi connectivity index (χ4n) is 3.54. The summed E-state index contributed by atoms with van der Waals surface area (Å²) in [5.74, 6) is -0.393. The molecule has 0 radical (unpaired) electrons.